The lowest BCUT2D eigenvalue weighted by atomic mass is 10.1. The molecule has 3 heterocycles. The smallest absolute Gasteiger partial charge is 0.0895 e. The van der Waals surface area contributed by atoms with Crippen LogP contribution in [0.3, 0.4) is 0 Å². The maximum atomic E-state index is 4.31. The van der Waals surface area contributed by atoms with Crippen molar-refractivity contribution in [3.8, 4) is 0 Å². The Morgan fingerprint density at radius 1 is 0.720 bits per heavy atom. The van der Waals surface area contributed by atoms with E-state index < -0.39 is 0 Å². The lowest BCUT2D eigenvalue weighted by Gasteiger charge is -2.14. The van der Waals surface area contributed by atoms with Crippen LogP contribution in [-0.2, 0) is 0 Å². The van der Waals surface area contributed by atoms with Gasteiger partial charge >= 0.3 is 0 Å². The molecule has 2 aromatic carbocycles. The van der Waals surface area contributed by atoms with Crippen molar-refractivity contribution in [2.45, 2.75) is 0 Å². The highest BCUT2D eigenvalue weighted by Gasteiger charge is 2.13. The second kappa shape index (κ2) is 6.94. The fraction of sp³-hybridized carbons (Fsp3) is 0.222. The van der Waals surface area contributed by atoms with E-state index in [0.717, 1.165) is 26.2 Å². The number of halogens is 2. The molecule has 0 atom stereocenters. The molecule has 7 heteroatoms. The number of nitrogens with zero attached hydrogens (tertiary/aromatic N) is 4. The standard InChI is InChI=1S/C18H17N5.2ClH/c1-3-17-15(9-13(1)22-7-5-19-11-22)16-10-14(2-4-18(16)21-17)23-8-6-20-12-23;;/h1-4,9-12,21H,5-8H2;2*1H. The summed E-state index contributed by atoms with van der Waals surface area (Å²) in [6, 6.07) is 13.1. The third-order valence-electron chi connectivity index (χ3n) is 4.61. The molecule has 130 valence electrons. The number of aromatic amines is 1. The highest BCUT2D eigenvalue weighted by atomic mass is 35.5. The first-order chi connectivity index (χ1) is 11.4. The molecule has 0 saturated carbocycles. The fourth-order valence-electron chi connectivity index (χ4n) is 3.38. The second-order valence-corrected chi connectivity index (χ2v) is 6.01. The molecule has 0 bridgehead atoms. The number of hydrogen-bond acceptors (Lipinski definition) is 4. The Bertz CT molecular complexity index is 886. The fourth-order valence-corrected chi connectivity index (χ4v) is 3.38. The SMILES string of the molecule is C1=NCCN1c1ccc2[nH]c3ccc(N4C=NCC4)cc3c2c1.Cl.Cl. The lowest BCUT2D eigenvalue weighted by molar-refractivity contribution is 1.02. The summed E-state index contributed by atoms with van der Waals surface area (Å²) in [6.45, 7) is 3.68. The average molecular weight is 376 g/mol. The number of fused-ring (bicyclic) bond motifs is 3. The van der Waals surface area contributed by atoms with E-state index in [2.05, 4.69) is 61.2 Å². The minimum absolute atomic E-state index is 0. The summed E-state index contributed by atoms with van der Waals surface area (Å²) >= 11 is 0. The van der Waals surface area contributed by atoms with E-state index in [1.54, 1.807) is 0 Å². The first-order valence-electron chi connectivity index (χ1n) is 7.97. The van der Waals surface area contributed by atoms with Gasteiger partial charge in [0.05, 0.1) is 25.8 Å². The van der Waals surface area contributed by atoms with Gasteiger partial charge in [0.1, 0.15) is 0 Å². The highest BCUT2D eigenvalue weighted by Crippen LogP contribution is 2.32. The minimum atomic E-state index is 0. The van der Waals surface area contributed by atoms with E-state index in [1.165, 1.54) is 33.2 Å². The summed E-state index contributed by atoms with van der Waals surface area (Å²) in [4.78, 5) is 16.5. The molecule has 5 rings (SSSR count). The zero-order valence-corrected chi connectivity index (χ0v) is 15.2. The van der Waals surface area contributed by atoms with Crippen LogP contribution >= 0.6 is 24.8 Å². The number of aromatic nitrogens is 1. The van der Waals surface area contributed by atoms with Gasteiger partial charge in [0.25, 0.3) is 0 Å². The largest absolute Gasteiger partial charge is 0.355 e. The van der Waals surface area contributed by atoms with E-state index in [4.69, 9.17) is 0 Å². The molecule has 0 spiro atoms. The van der Waals surface area contributed by atoms with E-state index in [1.807, 2.05) is 12.7 Å². The Labute approximate surface area is 158 Å². The van der Waals surface area contributed by atoms with Gasteiger partial charge in [0, 0.05) is 46.3 Å². The van der Waals surface area contributed by atoms with Gasteiger partial charge in [-0.3, -0.25) is 9.98 Å². The van der Waals surface area contributed by atoms with Crippen LogP contribution in [0.2, 0.25) is 0 Å². The Morgan fingerprint density at radius 3 is 1.60 bits per heavy atom. The second-order valence-electron chi connectivity index (χ2n) is 6.01. The van der Waals surface area contributed by atoms with Crippen LogP contribution in [0.25, 0.3) is 21.8 Å². The molecule has 0 unspecified atom stereocenters. The van der Waals surface area contributed by atoms with Crippen molar-refractivity contribution >= 4 is 70.7 Å². The summed E-state index contributed by atoms with van der Waals surface area (Å²) in [5.41, 5.74) is 4.75. The zero-order chi connectivity index (χ0) is 15.2. The molecule has 2 aliphatic heterocycles. The number of H-pyrrole nitrogens is 1. The molecule has 0 fully saturated rings. The normalized spacial score (nSPS) is 15.8. The molecule has 0 saturated heterocycles. The van der Waals surface area contributed by atoms with Gasteiger partial charge in [-0.05, 0) is 36.4 Å². The molecular formula is C18H19Cl2N5. The number of rotatable bonds is 2. The van der Waals surface area contributed by atoms with Crippen molar-refractivity contribution in [1.82, 2.24) is 4.98 Å². The number of nitrogens with one attached hydrogen (secondary N) is 1. The van der Waals surface area contributed by atoms with Gasteiger partial charge in [0.2, 0.25) is 0 Å². The summed E-state index contributed by atoms with van der Waals surface area (Å²) in [7, 11) is 0. The highest BCUT2D eigenvalue weighted by molar-refractivity contribution is 6.10. The summed E-state index contributed by atoms with van der Waals surface area (Å²) in [6.07, 6.45) is 3.87. The summed E-state index contributed by atoms with van der Waals surface area (Å²) < 4.78 is 0. The summed E-state index contributed by atoms with van der Waals surface area (Å²) in [5, 5.41) is 2.52. The number of aliphatic imine (C=N–C) groups is 2. The minimum Gasteiger partial charge on any atom is -0.355 e. The van der Waals surface area contributed by atoms with Crippen molar-refractivity contribution in [2.75, 3.05) is 36.0 Å². The number of benzene rings is 2. The van der Waals surface area contributed by atoms with Crippen molar-refractivity contribution in [2.24, 2.45) is 9.98 Å². The first-order valence-corrected chi connectivity index (χ1v) is 7.97. The maximum Gasteiger partial charge on any atom is 0.0895 e. The third kappa shape index (κ3) is 2.94. The van der Waals surface area contributed by atoms with Gasteiger partial charge in [0.15, 0.2) is 0 Å². The molecule has 5 nitrogen and oxygen atoms in total. The van der Waals surface area contributed by atoms with Crippen molar-refractivity contribution in [3.05, 3.63) is 36.4 Å². The van der Waals surface area contributed by atoms with Crippen molar-refractivity contribution < 1.29 is 0 Å². The molecule has 1 N–H and O–H groups in total. The quantitative estimate of drug-likeness (QED) is 0.738. The van der Waals surface area contributed by atoms with Crippen LogP contribution in [0.15, 0.2) is 46.4 Å². The van der Waals surface area contributed by atoms with Crippen molar-refractivity contribution in [3.63, 3.8) is 0 Å². The molecule has 0 radical (unpaired) electrons. The Kier molecular flexibility index (Phi) is 4.88. The monoisotopic (exact) mass is 375 g/mol. The topological polar surface area (TPSA) is 47.0 Å². The molecule has 3 aromatic rings. The maximum absolute atomic E-state index is 4.31. The molecule has 25 heavy (non-hydrogen) atoms. The molecule has 2 aliphatic rings. The van der Waals surface area contributed by atoms with Crippen LogP contribution in [0.5, 0.6) is 0 Å². The van der Waals surface area contributed by atoms with E-state index in [9.17, 15) is 0 Å². The average Bonchev–Trinajstić information content (AvgIpc) is 3.33. The molecular weight excluding hydrogens is 357 g/mol. The van der Waals surface area contributed by atoms with Crippen LogP contribution in [0.1, 0.15) is 0 Å². The first kappa shape index (κ1) is 17.6. The predicted molar refractivity (Wildman–Crippen MR) is 112 cm³/mol. The van der Waals surface area contributed by atoms with Gasteiger partial charge in [-0.1, -0.05) is 0 Å². The number of hydrogen-bond donors (Lipinski definition) is 1. The van der Waals surface area contributed by atoms with Gasteiger partial charge in [-0.25, -0.2) is 0 Å². The molecule has 0 amide bonds. The third-order valence-corrected chi connectivity index (χ3v) is 4.61. The summed E-state index contributed by atoms with van der Waals surface area (Å²) in [5.74, 6) is 0. The Balaban J connectivity index is 0.000000911. The van der Waals surface area contributed by atoms with Gasteiger partial charge < -0.3 is 14.8 Å². The Morgan fingerprint density at radius 2 is 1.20 bits per heavy atom. The van der Waals surface area contributed by atoms with Crippen LogP contribution < -0.4 is 9.80 Å². The Hall–Kier alpha value is -2.24. The van der Waals surface area contributed by atoms with Crippen LogP contribution in [0.4, 0.5) is 11.4 Å². The van der Waals surface area contributed by atoms with E-state index in [0.29, 0.717) is 0 Å². The predicted octanol–water partition coefficient (Wildman–Crippen LogP) is 3.86. The van der Waals surface area contributed by atoms with Crippen molar-refractivity contribution in [1.29, 1.82) is 0 Å². The van der Waals surface area contributed by atoms with Crippen LogP contribution in [-0.4, -0.2) is 43.8 Å². The van der Waals surface area contributed by atoms with E-state index >= 15 is 0 Å². The van der Waals surface area contributed by atoms with E-state index in [-0.39, 0.29) is 24.8 Å². The van der Waals surface area contributed by atoms with Gasteiger partial charge in [-0.2, -0.15) is 0 Å². The zero-order valence-electron chi connectivity index (χ0n) is 13.6. The lowest BCUT2D eigenvalue weighted by Crippen LogP contribution is -2.18. The van der Waals surface area contributed by atoms with Gasteiger partial charge in [-0.15, -0.1) is 24.8 Å². The molecule has 0 aliphatic carbocycles. The number of anilines is 2. The van der Waals surface area contributed by atoms with Crippen LogP contribution in [0, 0.1) is 0 Å². The molecule has 1 aromatic heterocycles.